The molecule has 0 spiro atoms. The summed E-state index contributed by atoms with van der Waals surface area (Å²) in [6, 6.07) is 8.05. The van der Waals surface area contributed by atoms with Crippen LogP contribution in [0.4, 0.5) is 0 Å². The van der Waals surface area contributed by atoms with Gasteiger partial charge >= 0.3 is 5.97 Å². The maximum Gasteiger partial charge on any atom is 0.310 e. The average molecular weight is 384 g/mol. The molecule has 0 saturated heterocycles. The van der Waals surface area contributed by atoms with E-state index in [0.29, 0.717) is 12.5 Å². The second kappa shape index (κ2) is 5.88. The second-order valence-electron chi connectivity index (χ2n) is 6.30. The van der Waals surface area contributed by atoms with Gasteiger partial charge in [-0.15, -0.1) is 0 Å². The Kier molecular flexibility index (Phi) is 4.57. The van der Waals surface area contributed by atoms with Crippen molar-refractivity contribution in [3.63, 3.8) is 0 Å². The summed E-state index contributed by atoms with van der Waals surface area (Å²) in [6.07, 6.45) is 2.19. The zero-order valence-corrected chi connectivity index (χ0v) is 14.6. The molecule has 1 aromatic carbocycles. The molecule has 1 fully saturated rings. The van der Waals surface area contributed by atoms with Crippen LogP contribution in [0.3, 0.4) is 0 Å². The number of carbonyl (C=O) groups excluding carboxylic acids is 1. The quantitative estimate of drug-likeness (QED) is 0.432. The summed E-state index contributed by atoms with van der Waals surface area (Å²) in [4.78, 5) is 12.2. The maximum absolute atomic E-state index is 12.2. The fourth-order valence-electron chi connectivity index (χ4n) is 2.62. The van der Waals surface area contributed by atoms with E-state index in [-0.39, 0.29) is 17.3 Å². The van der Waals surface area contributed by atoms with Gasteiger partial charge in [0.25, 0.3) is 0 Å². The van der Waals surface area contributed by atoms with Crippen molar-refractivity contribution < 1.29 is 9.53 Å². The highest BCUT2D eigenvalue weighted by Gasteiger charge is 2.61. The zero-order valence-electron chi connectivity index (χ0n) is 12.4. The number of benzene rings is 1. The summed E-state index contributed by atoms with van der Waals surface area (Å²) >= 11 is 2.26. The third-order valence-electron chi connectivity index (χ3n) is 3.97. The van der Waals surface area contributed by atoms with Crippen LogP contribution in [0.15, 0.2) is 35.9 Å². The van der Waals surface area contributed by atoms with Crippen LogP contribution in [0.25, 0.3) is 0 Å². The normalized spacial score (nSPS) is 23.1. The number of esters is 1. The zero-order chi connectivity index (χ0) is 14.9. The minimum Gasteiger partial charge on any atom is -0.461 e. The molecule has 1 aliphatic carbocycles. The topological polar surface area (TPSA) is 26.3 Å². The third kappa shape index (κ3) is 3.43. The van der Waals surface area contributed by atoms with Gasteiger partial charge < -0.3 is 4.74 Å². The van der Waals surface area contributed by atoms with Gasteiger partial charge in [-0.1, -0.05) is 37.6 Å². The first kappa shape index (κ1) is 15.5. The molecule has 2 rings (SSSR count). The average Bonchev–Trinajstić information content (AvgIpc) is 2.89. The van der Waals surface area contributed by atoms with Gasteiger partial charge in [-0.2, -0.15) is 0 Å². The molecule has 20 heavy (non-hydrogen) atoms. The highest BCUT2D eigenvalue weighted by molar-refractivity contribution is 14.1. The molecule has 0 aliphatic heterocycles. The van der Waals surface area contributed by atoms with Crippen LogP contribution in [-0.4, -0.2) is 5.97 Å². The van der Waals surface area contributed by atoms with Crippen LogP contribution in [0.2, 0.25) is 0 Å². The number of halogens is 1. The van der Waals surface area contributed by atoms with Crippen LogP contribution < -0.4 is 0 Å². The van der Waals surface area contributed by atoms with Gasteiger partial charge in [0.1, 0.15) is 6.61 Å². The smallest absolute Gasteiger partial charge is 0.310 e. The first-order valence-corrected chi connectivity index (χ1v) is 7.96. The van der Waals surface area contributed by atoms with E-state index in [9.17, 15) is 4.79 Å². The molecule has 2 atom stereocenters. The van der Waals surface area contributed by atoms with Crippen LogP contribution in [0.5, 0.6) is 0 Å². The van der Waals surface area contributed by atoms with Crippen LogP contribution in [0.1, 0.15) is 33.3 Å². The van der Waals surface area contributed by atoms with E-state index in [0.717, 1.165) is 5.56 Å². The van der Waals surface area contributed by atoms with Gasteiger partial charge in [-0.25, -0.2) is 0 Å². The number of carbonyl (C=O) groups is 1. The van der Waals surface area contributed by atoms with E-state index >= 15 is 0 Å². The molecule has 0 unspecified atom stereocenters. The van der Waals surface area contributed by atoms with Gasteiger partial charge in [0, 0.05) is 3.57 Å². The van der Waals surface area contributed by atoms with Crippen molar-refractivity contribution in [2.45, 2.75) is 34.3 Å². The minimum atomic E-state index is -0.0731. The first-order valence-electron chi connectivity index (χ1n) is 6.88. The van der Waals surface area contributed by atoms with Crippen LogP contribution in [-0.2, 0) is 16.1 Å². The second-order valence-corrected chi connectivity index (χ2v) is 7.55. The van der Waals surface area contributed by atoms with Gasteiger partial charge in [-0.05, 0) is 65.5 Å². The number of hydrogen-bond acceptors (Lipinski definition) is 2. The van der Waals surface area contributed by atoms with E-state index in [1.807, 2.05) is 24.3 Å². The van der Waals surface area contributed by atoms with E-state index in [1.54, 1.807) is 0 Å². The molecule has 0 aromatic heterocycles. The van der Waals surface area contributed by atoms with Crippen molar-refractivity contribution in [2.24, 2.45) is 17.3 Å². The van der Waals surface area contributed by atoms with Crippen molar-refractivity contribution in [1.82, 2.24) is 0 Å². The molecule has 108 valence electrons. The summed E-state index contributed by atoms with van der Waals surface area (Å²) in [6.45, 7) is 8.77. The predicted molar refractivity (Wildman–Crippen MR) is 89.1 cm³/mol. The highest BCUT2D eigenvalue weighted by atomic mass is 127. The minimum absolute atomic E-state index is 0.00116. The molecule has 1 saturated carbocycles. The Morgan fingerprint density at radius 2 is 1.90 bits per heavy atom. The Labute approximate surface area is 134 Å². The maximum atomic E-state index is 12.2. The SMILES string of the molecule is CC(C)=C[C@@H]1[C@@H](C(=O)OCc2ccc(I)cc2)C1(C)C. The molecule has 0 N–H and O–H groups in total. The lowest BCUT2D eigenvalue weighted by atomic mass is 10.1. The highest BCUT2D eigenvalue weighted by Crippen LogP contribution is 2.59. The molecule has 1 aliphatic rings. The van der Waals surface area contributed by atoms with Gasteiger partial charge in [0.15, 0.2) is 0 Å². The lowest BCUT2D eigenvalue weighted by Gasteiger charge is -2.06. The van der Waals surface area contributed by atoms with Crippen LogP contribution in [0, 0.1) is 20.8 Å². The fourth-order valence-corrected chi connectivity index (χ4v) is 2.98. The fraction of sp³-hybridized carbons (Fsp3) is 0.471. The number of rotatable bonds is 4. The van der Waals surface area contributed by atoms with Crippen molar-refractivity contribution in [2.75, 3.05) is 0 Å². The van der Waals surface area contributed by atoms with Crippen molar-refractivity contribution in [3.05, 3.63) is 45.0 Å². The summed E-state index contributed by atoms with van der Waals surface area (Å²) < 4.78 is 6.65. The molecule has 0 radical (unpaired) electrons. The molecule has 0 heterocycles. The van der Waals surface area contributed by atoms with E-state index in [2.05, 4.69) is 56.4 Å². The Morgan fingerprint density at radius 3 is 2.45 bits per heavy atom. The van der Waals surface area contributed by atoms with Crippen molar-refractivity contribution >= 4 is 28.6 Å². The largest absolute Gasteiger partial charge is 0.461 e. The van der Waals surface area contributed by atoms with Crippen molar-refractivity contribution in [1.29, 1.82) is 0 Å². The number of ether oxygens (including phenoxy) is 1. The Bertz CT molecular complexity index is 524. The summed E-state index contributed by atoms with van der Waals surface area (Å²) in [5, 5.41) is 0. The van der Waals surface area contributed by atoms with E-state index < -0.39 is 0 Å². The molecule has 3 heteroatoms. The predicted octanol–water partition coefficient (Wildman–Crippen LogP) is 4.57. The molecular weight excluding hydrogens is 363 g/mol. The van der Waals surface area contributed by atoms with Gasteiger partial charge in [0.2, 0.25) is 0 Å². The molecule has 1 aromatic rings. The Morgan fingerprint density at radius 1 is 1.30 bits per heavy atom. The Hall–Kier alpha value is -0.840. The van der Waals surface area contributed by atoms with Crippen LogP contribution >= 0.6 is 22.6 Å². The third-order valence-corrected chi connectivity index (χ3v) is 4.69. The lowest BCUT2D eigenvalue weighted by Crippen LogP contribution is -2.10. The first-order chi connectivity index (χ1) is 9.32. The molecular formula is C17H21IO2. The molecule has 0 bridgehead atoms. The van der Waals surface area contributed by atoms with E-state index in [4.69, 9.17) is 4.74 Å². The van der Waals surface area contributed by atoms with Gasteiger partial charge in [0.05, 0.1) is 5.92 Å². The summed E-state index contributed by atoms with van der Waals surface area (Å²) in [5.74, 6) is 0.244. The lowest BCUT2D eigenvalue weighted by molar-refractivity contribution is -0.147. The Balaban J connectivity index is 1.93. The molecule has 2 nitrogen and oxygen atoms in total. The number of hydrogen-bond donors (Lipinski definition) is 0. The monoisotopic (exact) mass is 384 g/mol. The molecule has 0 amide bonds. The van der Waals surface area contributed by atoms with E-state index in [1.165, 1.54) is 9.14 Å². The number of allylic oxidation sites excluding steroid dienone is 2. The van der Waals surface area contributed by atoms with Gasteiger partial charge in [-0.3, -0.25) is 4.79 Å². The van der Waals surface area contributed by atoms with Crippen molar-refractivity contribution in [3.8, 4) is 0 Å². The summed E-state index contributed by atoms with van der Waals surface area (Å²) in [7, 11) is 0. The standard InChI is InChI=1S/C17H21IO2/c1-11(2)9-14-15(17(14,3)4)16(19)20-10-12-5-7-13(18)8-6-12/h5-9,14-15H,10H2,1-4H3/t14-,15+/m1/s1. The summed E-state index contributed by atoms with van der Waals surface area (Å²) in [5.41, 5.74) is 2.33.